The second-order valence-electron chi connectivity index (χ2n) is 5.57. The van der Waals surface area contributed by atoms with E-state index in [9.17, 15) is 22.0 Å². The summed E-state index contributed by atoms with van der Waals surface area (Å²) in [5, 5.41) is 2.72. The Balaban J connectivity index is 1.94. The van der Waals surface area contributed by atoms with Gasteiger partial charge < -0.3 is 5.32 Å². The Bertz CT molecular complexity index is 687. The fourth-order valence-corrected chi connectivity index (χ4v) is 3.50. The van der Waals surface area contributed by atoms with Crippen molar-refractivity contribution in [2.24, 2.45) is 0 Å². The van der Waals surface area contributed by atoms with Crippen molar-refractivity contribution >= 4 is 16.1 Å². The molecule has 0 saturated carbocycles. The van der Waals surface area contributed by atoms with E-state index in [-0.39, 0.29) is 11.6 Å². The van der Waals surface area contributed by atoms with Gasteiger partial charge in [0.2, 0.25) is 0 Å². The van der Waals surface area contributed by atoms with Crippen LogP contribution in [0.5, 0.6) is 0 Å². The predicted octanol–water partition coefficient (Wildman–Crippen LogP) is 0.965. The zero-order valence-corrected chi connectivity index (χ0v) is 13.7. The largest absolute Gasteiger partial charge is 0.349 e. The highest BCUT2D eigenvalue weighted by Crippen LogP contribution is 2.16. The first-order valence-electron chi connectivity index (χ1n) is 7.15. The molecule has 2 rings (SSSR count). The lowest BCUT2D eigenvalue weighted by Gasteiger charge is -2.33. The number of rotatable bonds is 4. The number of amides is 1. The maximum atomic E-state index is 13.1. The zero-order valence-electron chi connectivity index (χ0n) is 12.9. The molecule has 1 N–H and O–H groups in total. The van der Waals surface area contributed by atoms with Gasteiger partial charge in [-0.15, -0.1) is 0 Å². The van der Waals surface area contributed by atoms with Gasteiger partial charge >= 0.3 is 0 Å². The average Bonchev–Trinajstić information content (AvgIpc) is 2.50. The summed E-state index contributed by atoms with van der Waals surface area (Å²) in [6.07, 6.45) is 0.922. The number of hydrogen-bond acceptors (Lipinski definition) is 3. The Morgan fingerprint density at radius 2 is 1.83 bits per heavy atom. The molecule has 6 nitrogen and oxygen atoms in total. The van der Waals surface area contributed by atoms with Crippen molar-refractivity contribution < 1.29 is 22.0 Å². The zero-order chi connectivity index (χ0) is 17.2. The number of piperidine rings is 1. The van der Waals surface area contributed by atoms with E-state index < -0.39 is 27.8 Å². The molecule has 1 aliphatic heterocycles. The summed E-state index contributed by atoms with van der Waals surface area (Å²) in [5.41, 5.74) is 0.0345. The van der Waals surface area contributed by atoms with Crippen LogP contribution in [0.4, 0.5) is 8.78 Å². The fourth-order valence-electron chi connectivity index (χ4n) is 2.37. The molecular weight excluding hydrogens is 328 g/mol. The Hall–Kier alpha value is -1.58. The molecule has 1 aromatic rings. The van der Waals surface area contributed by atoms with E-state index in [1.165, 1.54) is 24.5 Å². The van der Waals surface area contributed by atoms with Crippen LogP contribution in [0.15, 0.2) is 18.2 Å². The van der Waals surface area contributed by atoms with Gasteiger partial charge in [-0.2, -0.15) is 17.0 Å². The van der Waals surface area contributed by atoms with Crippen LogP contribution in [0.25, 0.3) is 0 Å². The molecule has 1 fully saturated rings. The molecule has 0 bridgehead atoms. The monoisotopic (exact) mass is 347 g/mol. The van der Waals surface area contributed by atoms with Crippen molar-refractivity contribution in [2.75, 3.05) is 27.2 Å². The van der Waals surface area contributed by atoms with E-state index in [4.69, 9.17) is 0 Å². The third kappa shape index (κ3) is 4.04. The summed E-state index contributed by atoms with van der Waals surface area (Å²) in [4.78, 5) is 12.0. The number of benzene rings is 1. The van der Waals surface area contributed by atoms with Gasteiger partial charge in [0.05, 0.1) is 0 Å². The van der Waals surface area contributed by atoms with E-state index in [0.717, 1.165) is 16.4 Å². The molecule has 9 heteroatoms. The number of nitrogens with zero attached hydrogens (tertiary/aromatic N) is 2. The third-order valence-electron chi connectivity index (χ3n) is 3.76. The summed E-state index contributed by atoms with van der Waals surface area (Å²) in [7, 11) is -0.523. The molecule has 0 unspecified atom stereocenters. The smallest absolute Gasteiger partial charge is 0.281 e. The second kappa shape index (κ2) is 6.90. The summed E-state index contributed by atoms with van der Waals surface area (Å²) < 4.78 is 52.5. The van der Waals surface area contributed by atoms with Crippen molar-refractivity contribution in [3.63, 3.8) is 0 Å². The first-order chi connectivity index (χ1) is 10.7. The van der Waals surface area contributed by atoms with Crippen molar-refractivity contribution in [2.45, 2.75) is 18.9 Å². The highest BCUT2D eigenvalue weighted by molar-refractivity contribution is 7.86. The topological polar surface area (TPSA) is 69.7 Å². The molecule has 0 radical (unpaired) electrons. The van der Waals surface area contributed by atoms with Gasteiger partial charge in [-0.05, 0) is 31.0 Å². The molecular formula is C14H19F2N3O3S. The van der Waals surface area contributed by atoms with Gasteiger partial charge in [0.15, 0.2) is 11.6 Å². The predicted molar refractivity (Wildman–Crippen MR) is 81.0 cm³/mol. The number of carbonyl (C=O) groups excluding carboxylic acids is 1. The fraction of sp³-hybridized carbons (Fsp3) is 0.500. The maximum Gasteiger partial charge on any atom is 0.281 e. The van der Waals surface area contributed by atoms with Gasteiger partial charge in [0.1, 0.15) is 0 Å². The highest BCUT2D eigenvalue weighted by atomic mass is 32.2. The number of nitrogens with one attached hydrogen (secondary N) is 1. The minimum absolute atomic E-state index is 0.0345. The van der Waals surface area contributed by atoms with Crippen molar-refractivity contribution in [1.29, 1.82) is 0 Å². The SMILES string of the molecule is CN(C)S(=O)(=O)N1CCC(NC(=O)c2ccc(F)c(F)c2)CC1. The molecule has 23 heavy (non-hydrogen) atoms. The Morgan fingerprint density at radius 1 is 1.22 bits per heavy atom. The lowest BCUT2D eigenvalue weighted by atomic mass is 10.1. The molecule has 1 amide bonds. The van der Waals surface area contributed by atoms with Gasteiger partial charge in [0.25, 0.3) is 16.1 Å². The minimum Gasteiger partial charge on any atom is -0.349 e. The van der Waals surface area contributed by atoms with Gasteiger partial charge in [-0.25, -0.2) is 8.78 Å². The molecule has 0 aliphatic carbocycles. The van der Waals surface area contributed by atoms with Crippen LogP contribution in [0.3, 0.4) is 0 Å². The Morgan fingerprint density at radius 3 is 2.35 bits per heavy atom. The van der Waals surface area contributed by atoms with Crippen molar-refractivity contribution in [1.82, 2.24) is 13.9 Å². The van der Waals surface area contributed by atoms with E-state index in [2.05, 4.69) is 5.32 Å². The molecule has 0 aromatic heterocycles. The molecule has 128 valence electrons. The summed E-state index contributed by atoms with van der Waals surface area (Å²) in [5.74, 6) is -2.59. The van der Waals surface area contributed by atoms with E-state index in [1.54, 1.807) is 0 Å². The lowest BCUT2D eigenvalue weighted by molar-refractivity contribution is 0.0923. The van der Waals surface area contributed by atoms with E-state index >= 15 is 0 Å². The minimum atomic E-state index is -3.45. The molecule has 1 heterocycles. The molecule has 1 saturated heterocycles. The number of halogens is 2. The van der Waals surface area contributed by atoms with Crippen molar-refractivity contribution in [3.8, 4) is 0 Å². The van der Waals surface area contributed by atoms with Crippen LogP contribution in [-0.2, 0) is 10.2 Å². The van der Waals surface area contributed by atoms with Gasteiger partial charge in [-0.1, -0.05) is 0 Å². The van der Waals surface area contributed by atoms with Crippen LogP contribution >= 0.6 is 0 Å². The maximum absolute atomic E-state index is 13.1. The van der Waals surface area contributed by atoms with E-state index in [1.807, 2.05) is 0 Å². The Labute approximate surface area is 134 Å². The molecule has 0 atom stereocenters. The highest BCUT2D eigenvalue weighted by Gasteiger charge is 2.30. The third-order valence-corrected chi connectivity index (χ3v) is 5.70. The average molecular weight is 347 g/mol. The summed E-state index contributed by atoms with van der Waals surface area (Å²) in [6, 6.07) is 2.75. The van der Waals surface area contributed by atoms with Crippen LogP contribution in [0.2, 0.25) is 0 Å². The van der Waals surface area contributed by atoms with Gasteiger partial charge in [-0.3, -0.25) is 4.79 Å². The number of carbonyl (C=O) groups is 1. The van der Waals surface area contributed by atoms with Crippen LogP contribution in [0, 0.1) is 11.6 Å². The summed E-state index contributed by atoms with van der Waals surface area (Å²) >= 11 is 0. The first kappa shape index (κ1) is 17.8. The van der Waals surface area contributed by atoms with Crippen LogP contribution in [-0.4, -0.2) is 56.2 Å². The quantitative estimate of drug-likeness (QED) is 0.882. The second-order valence-corrected chi connectivity index (χ2v) is 7.71. The summed E-state index contributed by atoms with van der Waals surface area (Å²) in [6.45, 7) is 0.590. The van der Waals surface area contributed by atoms with E-state index in [0.29, 0.717) is 25.9 Å². The van der Waals surface area contributed by atoms with Gasteiger partial charge in [0, 0.05) is 38.8 Å². The normalized spacial score (nSPS) is 17.4. The van der Waals surface area contributed by atoms with Crippen molar-refractivity contribution in [3.05, 3.63) is 35.4 Å². The number of hydrogen-bond donors (Lipinski definition) is 1. The molecule has 1 aromatic carbocycles. The first-order valence-corrected chi connectivity index (χ1v) is 8.55. The molecule has 0 spiro atoms. The Kier molecular flexibility index (Phi) is 5.33. The van der Waals surface area contributed by atoms with Crippen LogP contribution in [0.1, 0.15) is 23.2 Å². The molecule has 1 aliphatic rings. The van der Waals surface area contributed by atoms with Crippen LogP contribution < -0.4 is 5.32 Å². The lowest BCUT2D eigenvalue weighted by Crippen LogP contribution is -2.49. The standard InChI is InChI=1S/C14H19F2N3O3S/c1-18(2)23(21,22)19-7-5-11(6-8-19)17-14(20)10-3-4-12(15)13(16)9-10/h3-4,9,11H,5-8H2,1-2H3,(H,17,20).